The van der Waals surface area contributed by atoms with E-state index in [2.05, 4.69) is 20.7 Å². The number of nitriles is 1. The molecule has 182 valence electrons. The van der Waals surface area contributed by atoms with Gasteiger partial charge in [0.05, 0.1) is 39.6 Å². The summed E-state index contributed by atoms with van der Waals surface area (Å²) >= 11 is 4.48. The van der Waals surface area contributed by atoms with Crippen molar-refractivity contribution < 1.29 is 32.2 Å². The number of benzene rings is 2. The lowest BCUT2D eigenvalue weighted by molar-refractivity contribution is -0.145. The number of nitrogens with zero attached hydrogens (tertiary/aromatic N) is 1. The maximum atomic E-state index is 12.8. The summed E-state index contributed by atoms with van der Waals surface area (Å²) in [7, 11) is -2.68. The molecule has 0 aliphatic heterocycles. The predicted octanol–water partition coefficient (Wildman–Crippen LogP) is 4.58. The largest absolute Gasteiger partial charge is 0.479 e. The molecule has 0 spiro atoms. The van der Waals surface area contributed by atoms with Crippen LogP contribution in [0.15, 0.2) is 57.9 Å². The molecule has 0 aliphatic carbocycles. The monoisotopic (exact) mass is 578 g/mol. The highest BCUT2D eigenvalue weighted by Crippen LogP contribution is 2.46. The number of ether oxygens (including phenoxy) is 3. The molecular formula is C23H19BrN2O7S2. The van der Waals surface area contributed by atoms with Gasteiger partial charge < -0.3 is 14.2 Å². The van der Waals surface area contributed by atoms with E-state index in [9.17, 15) is 18.0 Å². The molecule has 0 saturated carbocycles. The van der Waals surface area contributed by atoms with Crippen LogP contribution in [0.3, 0.4) is 0 Å². The number of carbonyl (C=O) groups excluding carboxylic acids is 2. The highest BCUT2D eigenvalue weighted by molar-refractivity contribution is 9.10. The molecule has 0 bridgehead atoms. The van der Waals surface area contributed by atoms with Crippen LogP contribution < -0.4 is 9.46 Å². The Morgan fingerprint density at radius 2 is 1.89 bits per heavy atom. The van der Waals surface area contributed by atoms with Crippen LogP contribution in [0.5, 0.6) is 5.75 Å². The first-order valence-electron chi connectivity index (χ1n) is 10.0. The quantitative estimate of drug-likeness (QED) is 0.365. The Morgan fingerprint density at radius 3 is 2.51 bits per heavy atom. The number of thiophene rings is 1. The highest BCUT2D eigenvalue weighted by atomic mass is 79.9. The number of hydrogen-bond donors (Lipinski definition) is 1. The zero-order valence-electron chi connectivity index (χ0n) is 18.5. The normalized spacial score (nSPS) is 10.8. The third kappa shape index (κ3) is 6.19. The van der Waals surface area contributed by atoms with Gasteiger partial charge in [0.2, 0.25) is 0 Å². The number of hydrogen-bond acceptors (Lipinski definition) is 9. The summed E-state index contributed by atoms with van der Waals surface area (Å²) in [6.45, 7) is 1.45. The fourth-order valence-electron chi connectivity index (χ4n) is 2.92. The molecular weight excluding hydrogens is 560 g/mol. The Kier molecular flexibility index (Phi) is 8.50. The minimum Gasteiger partial charge on any atom is -0.479 e. The summed E-state index contributed by atoms with van der Waals surface area (Å²) in [6, 6.07) is 14.0. The van der Waals surface area contributed by atoms with Gasteiger partial charge in [-0.1, -0.05) is 12.1 Å². The van der Waals surface area contributed by atoms with Crippen LogP contribution >= 0.6 is 27.3 Å². The van der Waals surface area contributed by atoms with Gasteiger partial charge in [-0.3, -0.25) is 4.72 Å². The van der Waals surface area contributed by atoms with Crippen LogP contribution in [0, 0.1) is 11.3 Å². The van der Waals surface area contributed by atoms with E-state index in [1.807, 2.05) is 6.07 Å². The van der Waals surface area contributed by atoms with E-state index in [-0.39, 0.29) is 27.8 Å². The summed E-state index contributed by atoms with van der Waals surface area (Å²) in [5.74, 6) is -1.13. The van der Waals surface area contributed by atoms with Crippen molar-refractivity contribution in [2.75, 3.05) is 25.0 Å². The fraction of sp³-hybridized carbons (Fsp3) is 0.174. The number of carbonyl (C=O) groups is 2. The Labute approximate surface area is 214 Å². The Balaban J connectivity index is 1.93. The highest BCUT2D eigenvalue weighted by Gasteiger charge is 2.26. The summed E-state index contributed by atoms with van der Waals surface area (Å²) in [4.78, 5) is 24.7. The number of sulfonamides is 1. The smallest absolute Gasteiger partial charge is 0.351 e. The predicted molar refractivity (Wildman–Crippen MR) is 133 cm³/mol. The number of rotatable bonds is 9. The van der Waals surface area contributed by atoms with Crippen molar-refractivity contribution in [3.8, 4) is 22.3 Å². The zero-order chi connectivity index (χ0) is 25.6. The van der Waals surface area contributed by atoms with Crippen molar-refractivity contribution in [2.45, 2.75) is 11.8 Å². The minimum atomic E-state index is -3.91. The molecule has 0 atom stereocenters. The number of anilines is 1. The first-order valence-corrected chi connectivity index (χ1v) is 13.1. The lowest BCUT2D eigenvalue weighted by Gasteiger charge is -2.10. The van der Waals surface area contributed by atoms with Crippen molar-refractivity contribution in [3.63, 3.8) is 0 Å². The second kappa shape index (κ2) is 11.4. The van der Waals surface area contributed by atoms with Gasteiger partial charge in [-0.25, -0.2) is 18.0 Å². The van der Waals surface area contributed by atoms with Crippen molar-refractivity contribution >= 4 is 54.9 Å². The first-order chi connectivity index (χ1) is 16.7. The van der Waals surface area contributed by atoms with Gasteiger partial charge in [0.1, 0.15) is 0 Å². The summed E-state index contributed by atoms with van der Waals surface area (Å²) in [5.41, 5.74) is 1.20. The van der Waals surface area contributed by atoms with Crippen LogP contribution in [0.4, 0.5) is 5.69 Å². The van der Waals surface area contributed by atoms with Crippen LogP contribution in [0.25, 0.3) is 10.4 Å². The fourth-order valence-corrected chi connectivity index (χ4v) is 5.93. The molecule has 0 aliphatic rings. The molecule has 2 aromatic carbocycles. The molecule has 0 amide bonds. The van der Waals surface area contributed by atoms with Gasteiger partial charge in [-0.2, -0.15) is 5.26 Å². The molecule has 35 heavy (non-hydrogen) atoms. The third-order valence-corrected chi connectivity index (χ3v) is 8.11. The molecule has 1 N–H and O–H groups in total. The standard InChI is InChI=1S/C23H19BrN2O7S2/c1-3-32-18(27)13-33-20-19(24)21(34-22(20)23(28)31-2)15-5-4-6-16(11-15)26-35(29,30)17-9-7-14(12-25)8-10-17/h4-11,26H,3,13H2,1-2H3. The summed E-state index contributed by atoms with van der Waals surface area (Å²) < 4.78 is 43.7. The second-order valence-electron chi connectivity index (χ2n) is 6.81. The topological polar surface area (TPSA) is 132 Å². The third-order valence-electron chi connectivity index (χ3n) is 4.49. The molecule has 1 aromatic heterocycles. The van der Waals surface area contributed by atoms with Gasteiger partial charge in [-0.05, 0) is 64.8 Å². The molecule has 0 fully saturated rings. The SMILES string of the molecule is CCOC(=O)COc1c(C(=O)OC)sc(-c2cccc(NS(=O)(=O)c3ccc(C#N)cc3)c2)c1Br. The Bertz CT molecular complexity index is 1390. The zero-order valence-corrected chi connectivity index (χ0v) is 21.8. The van der Waals surface area contributed by atoms with Crippen molar-refractivity contribution in [3.05, 3.63) is 63.4 Å². The van der Waals surface area contributed by atoms with E-state index in [1.165, 1.54) is 31.4 Å². The van der Waals surface area contributed by atoms with Gasteiger partial charge in [0.15, 0.2) is 17.2 Å². The van der Waals surface area contributed by atoms with E-state index < -0.39 is 28.6 Å². The molecule has 1 heterocycles. The lowest BCUT2D eigenvalue weighted by Crippen LogP contribution is -2.15. The number of methoxy groups -OCH3 is 1. The van der Waals surface area contributed by atoms with E-state index >= 15 is 0 Å². The van der Waals surface area contributed by atoms with E-state index in [4.69, 9.17) is 19.5 Å². The van der Waals surface area contributed by atoms with Crippen LogP contribution in [0.2, 0.25) is 0 Å². The van der Waals surface area contributed by atoms with Crippen LogP contribution in [-0.2, 0) is 24.3 Å². The summed E-state index contributed by atoms with van der Waals surface area (Å²) in [6.07, 6.45) is 0. The molecule has 0 unspecified atom stereocenters. The molecule has 3 rings (SSSR count). The average molecular weight is 579 g/mol. The molecule has 0 radical (unpaired) electrons. The maximum absolute atomic E-state index is 12.8. The molecule has 9 nitrogen and oxygen atoms in total. The maximum Gasteiger partial charge on any atom is 0.351 e. The van der Waals surface area contributed by atoms with E-state index in [1.54, 1.807) is 31.2 Å². The molecule has 0 saturated heterocycles. The Hall–Kier alpha value is -3.40. The van der Waals surface area contributed by atoms with Gasteiger partial charge in [0.25, 0.3) is 10.0 Å². The minimum absolute atomic E-state index is 0.00170. The van der Waals surface area contributed by atoms with E-state index in [0.717, 1.165) is 11.3 Å². The number of esters is 2. The van der Waals surface area contributed by atoms with Crippen molar-refractivity contribution in [1.29, 1.82) is 5.26 Å². The molecule has 12 heteroatoms. The first kappa shape index (κ1) is 26.2. The lowest BCUT2D eigenvalue weighted by atomic mass is 10.1. The van der Waals surface area contributed by atoms with E-state index in [0.29, 0.717) is 20.5 Å². The second-order valence-corrected chi connectivity index (χ2v) is 10.3. The average Bonchev–Trinajstić information content (AvgIpc) is 3.18. The molecule has 3 aromatic rings. The van der Waals surface area contributed by atoms with Crippen molar-refractivity contribution in [2.24, 2.45) is 0 Å². The number of halogens is 1. The van der Waals surface area contributed by atoms with Gasteiger partial charge >= 0.3 is 11.9 Å². The van der Waals surface area contributed by atoms with Gasteiger partial charge in [-0.15, -0.1) is 11.3 Å². The van der Waals surface area contributed by atoms with Crippen LogP contribution in [0.1, 0.15) is 22.2 Å². The van der Waals surface area contributed by atoms with Crippen molar-refractivity contribution in [1.82, 2.24) is 0 Å². The summed E-state index contributed by atoms with van der Waals surface area (Å²) in [5, 5.41) is 8.91. The number of nitrogens with one attached hydrogen (secondary N) is 1. The Morgan fingerprint density at radius 1 is 1.17 bits per heavy atom. The van der Waals surface area contributed by atoms with Crippen LogP contribution in [-0.4, -0.2) is 40.7 Å². The van der Waals surface area contributed by atoms with Gasteiger partial charge in [0, 0.05) is 5.69 Å².